The number of piperidine rings is 1. The Morgan fingerprint density at radius 1 is 1.06 bits per heavy atom. The zero-order valence-corrected chi connectivity index (χ0v) is 19.4. The fourth-order valence-electron chi connectivity index (χ4n) is 4.11. The largest absolute Gasteiger partial charge is 0.338 e. The maximum atomic E-state index is 13.0. The van der Waals surface area contributed by atoms with E-state index in [0.717, 1.165) is 37.1 Å². The van der Waals surface area contributed by atoms with Crippen LogP contribution in [0.4, 0.5) is 5.69 Å². The van der Waals surface area contributed by atoms with Gasteiger partial charge in [-0.1, -0.05) is 35.3 Å². The molecule has 1 saturated carbocycles. The molecular weight excluding hydrogens is 461 g/mol. The number of amides is 2. The maximum Gasteiger partial charge on any atom is 0.253 e. The lowest BCUT2D eigenvalue weighted by Crippen LogP contribution is -2.43. The summed E-state index contributed by atoms with van der Waals surface area (Å²) in [5.41, 5.74) is 1.99. The van der Waals surface area contributed by atoms with E-state index in [1.165, 1.54) is 0 Å². The molecular formula is C24H23Cl2N5O2. The first-order chi connectivity index (χ1) is 16.0. The Balaban J connectivity index is 1.24. The quantitative estimate of drug-likeness (QED) is 0.524. The third-order valence-electron chi connectivity index (χ3n) is 6.10. The minimum Gasteiger partial charge on any atom is -0.338 e. The Bertz CT molecular complexity index is 1210. The summed E-state index contributed by atoms with van der Waals surface area (Å²) in [7, 11) is 0. The summed E-state index contributed by atoms with van der Waals surface area (Å²) in [6.45, 7) is 0.961. The van der Waals surface area contributed by atoms with E-state index in [0.29, 0.717) is 46.1 Å². The second-order valence-electron chi connectivity index (χ2n) is 8.61. The van der Waals surface area contributed by atoms with Crippen molar-refractivity contribution in [2.75, 3.05) is 18.4 Å². The summed E-state index contributed by atoms with van der Waals surface area (Å²) in [5, 5.41) is 11.1. The average molecular weight is 484 g/mol. The molecule has 1 atom stereocenters. The zero-order valence-electron chi connectivity index (χ0n) is 17.9. The van der Waals surface area contributed by atoms with Crippen molar-refractivity contribution in [3.8, 4) is 11.4 Å². The number of hydrogen-bond donors (Lipinski definition) is 2. The van der Waals surface area contributed by atoms with Gasteiger partial charge in [-0.15, -0.1) is 0 Å². The second-order valence-corrected chi connectivity index (χ2v) is 9.42. The number of nitrogens with one attached hydrogen (secondary N) is 2. The van der Waals surface area contributed by atoms with E-state index in [1.54, 1.807) is 23.1 Å². The smallest absolute Gasteiger partial charge is 0.253 e. The van der Waals surface area contributed by atoms with Gasteiger partial charge in [0.1, 0.15) is 5.82 Å². The van der Waals surface area contributed by atoms with Crippen LogP contribution >= 0.6 is 23.2 Å². The van der Waals surface area contributed by atoms with Gasteiger partial charge in [-0.2, -0.15) is 5.10 Å². The van der Waals surface area contributed by atoms with E-state index >= 15 is 0 Å². The summed E-state index contributed by atoms with van der Waals surface area (Å²) in [6, 6.07) is 12.4. The summed E-state index contributed by atoms with van der Waals surface area (Å²) in [4.78, 5) is 32.2. The van der Waals surface area contributed by atoms with Gasteiger partial charge in [-0.05, 0) is 56.0 Å². The monoisotopic (exact) mass is 483 g/mol. The number of H-pyrrole nitrogens is 1. The van der Waals surface area contributed by atoms with Crippen molar-refractivity contribution >= 4 is 40.7 Å². The number of carbonyl (C=O) groups is 2. The van der Waals surface area contributed by atoms with Gasteiger partial charge in [0.05, 0.1) is 16.0 Å². The fraction of sp³-hybridized carbons (Fsp3) is 0.333. The van der Waals surface area contributed by atoms with E-state index < -0.39 is 0 Å². The summed E-state index contributed by atoms with van der Waals surface area (Å²) in [5.74, 6) is 1.50. The number of benzene rings is 2. The van der Waals surface area contributed by atoms with Crippen LogP contribution in [0.15, 0.2) is 42.5 Å². The zero-order chi connectivity index (χ0) is 22.9. The fourth-order valence-corrected chi connectivity index (χ4v) is 4.41. The highest BCUT2D eigenvalue weighted by atomic mass is 35.5. The van der Waals surface area contributed by atoms with Crippen LogP contribution < -0.4 is 5.32 Å². The molecule has 0 spiro atoms. The molecule has 1 unspecified atom stereocenters. The van der Waals surface area contributed by atoms with Crippen molar-refractivity contribution in [3.05, 3.63) is 63.9 Å². The van der Waals surface area contributed by atoms with E-state index in [1.807, 2.05) is 24.3 Å². The highest BCUT2D eigenvalue weighted by molar-refractivity contribution is 6.42. The van der Waals surface area contributed by atoms with Crippen LogP contribution in [0.25, 0.3) is 11.4 Å². The minimum absolute atomic E-state index is 0.104. The number of anilines is 1. The van der Waals surface area contributed by atoms with Crippen molar-refractivity contribution < 1.29 is 9.59 Å². The normalized spacial score (nSPS) is 18.2. The Kier molecular flexibility index (Phi) is 6.08. The highest BCUT2D eigenvalue weighted by Gasteiger charge is 2.30. The average Bonchev–Trinajstić information content (AvgIpc) is 3.57. The minimum atomic E-state index is -0.292. The van der Waals surface area contributed by atoms with Gasteiger partial charge in [0.15, 0.2) is 5.82 Å². The van der Waals surface area contributed by atoms with Crippen molar-refractivity contribution in [1.29, 1.82) is 0 Å². The number of aromatic nitrogens is 3. The molecule has 0 bridgehead atoms. The third kappa shape index (κ3) is 4.89. The Morgan fingerprint density at radius 2 is 1.91 bits per heavy atom. The molecule has 1 saturated heterocycles. The Morgan fingerprint density at radius 3 is 2.70 bits per heavy atom. The molecule has 2 heterocycles. The van der Waals surface area contributed by atoms with Crippen molar-refractivity contribution in [2.24, 2.45) is 5.92 Å². The molecule has 2 N–H and O–H groups in total. The SMILES string of the molecule is O=C(Nc1cccc(-c2n[nH]c(C3CC3)n2)c1)C1CCCN(C(=O)c2ccc(Cl)c(Cl)c2)C1. The topological polar surface area (TPSA) is 91.0 Å². The van der Waals surface area contributed by atoms with E-state index in [2.05, 4.69) is 20.5 Å². The van der Waals surface area contributed by atoms with Crippen LogP contribution in [-0.2, 0) is 4.79 Å². The standard InChI is InChI=1S/C24H23Cl2N5O2/c25-19-9-8-16(12-20(19)26)24(33)31-10-2-4-17(13-31)23(32)27-18-5-1-3-15(11-18)22-28-21(29-30-22)14-6-7-14/h1,3,5,8-9,11-12,14,17H,2,4,6-7,10,13H2,(H,27,32)(H,28,29,30). The van der Waals surface area contributed by atoms with E-state index in [4.69, 9.17) is 23.2 Å². The van der Waals surface area contributed by atoms with Gasteiger partial charge >= 0.3 is 0 Å². The molecule has 5 rings (SSSR count). The molecule has 1 aliphatic heterocycles. The summed E-state index contributed by atoms with van der Waals surface area (Å²) < 4.78 is 0. The van der Waals surface area contributed by atoms with Crippen LogP contribution in [0.1, 0.15) is 47.8 Å². The van der Waals surface area contributed by atoms with Gasteiger partial charge < -0.3 is 10.2 Å². The second kappa shape index (κ2) is 9.15. The van der Waals surface area contributed by atoms with Gasteiger partial charge in [0, 0.05) is 35.8 Å². The number of likely N-dealkylation sites (tertiary alicyclic amines) is 1. The number of rotatable bonds is 5. The molecule has 2 fully saturated rings. The van der Waals surface area contributed by atoms with Crippen LogP contribution in [-0.4, -0.2) is 45.0 Å². The van der Waals surface area contributed by atoms with Gasteiger partial charge in [0.25, 0.3) is 5.91 Å². The number of nitrogens with zero attached hydrogens (tertiary/aromatic N) is 3. The van der Waals surface area contributed by atoms with E-state index in [9.17, 15) is 9.59 Å². The number of hydrogen-bond acceptors (Lipinski definition) is 4. The number of aromatic amines is 1. The summed E-state index contributed by atoms with van der Waals surface area (Å²) >= 11 is 12.0. The lowest BCUT2D eigenvalue weighted by molar-refractivity contribution is -0.121. The molecule has 7 nitrogen and oxygen atoms in total. The lowest BCUT2D eigenvalue weighted by atomic mass is 9.96. The predicted octanol–water partition coefficient (Wildman–Crippen LogP) is 5.15. The van der Waals surface area contributed by atoms with Gasteiger partial charge in [0.2, 0.25) is 5.91 Å². The van der Waals surface area contributed by atoms with Gasteiger partial charge in [-0.25, -0.2) is 4.98 Å². The van der Waals surface area contributed by atoms with Crippen molar-refractivity contribution in [2.45, 2.75) is 31.6 Å². The first-order valence-electron chi connectivity index (χ1n) is 11.1. The molecule has 2 aliphatic rings. The van der Waals surface area contributed by atoms with Crippen LogP contribution in [0.5, 0.6) is 0 Å². The molecule has 170 valence electrons. The molecule has 0 radical (unpaired) electrons. The van der Waals surface area contributed by atoms with Crippen molar-refractivity contribution in [1.82, 2.24) is 20.1 Å². The third-order valence-corrected chi connectivity index (χ3v) is 6.84. The molecule has 9 heteroatoms. The Hall–Kier alpha value is -2.90. The summed E-state index contributed by atoms with van der Waals surface area (Å²) in [6.07, 6.45) is 3.78. The van der Waals surface area contributed by atoms with E-state index in [-0.39, 0.29) is 17.7 Å². The van der Waals surface area contributed by atoms with Crippen LogP contribution in [0.2, 0.25) is 10.0 Å². The number of halogens is 2. The molecule has 33 heavy (non-hydrogen) atoms. The maximum absolute atomic E-state index is 13.0. The van der Waals surface area contributed by atoms with Gasteiger partial charge in [-0.3, -0.25) is 14.7 Å². The first-order valence-corrected chi connectivity index (χ1v) is 11.8. The van der Waals surface area contributed by atoms with Crippen LogP contribution in [0, 0.1) is 5.92 Å². The number of carbonyl (C=O) groups excluding carboxylic acids is 2. The lowest BCUT2D eigenvalue weighted by Gasteiger charge is -2.32. The van der Waals surface area contributed by atoms with Crippen molar-refractivity contribution in [3.63, 3.8) is 0 Å². The molecule has 1 aromatic heterocycles. The molecule has 1 aliphatic carbocycles. The van der Waals surface area contributed by atoms with Crippen LogP contribution in [0.3, 0.4) is 0 Å². The molecule has 2 aromatic carbocycles. The highest BCUT2D eigenvalue weighted by Crippen LogP contribution is 2.38. The molecule has 2 amide bonds. The molecule has 3 aromatic rings. The Labute approximate surface area is 201 Å². The predicted molar refractivity (Wildman–Crippen MR) is 128 cm³/mol. The first kappa shape index (κ1) is 21.9.